The van der Waals surface area contributed by atoms with Gasteiger partial charge in [0.15, 0.2) is 0 Å². The van der Waals surface area contributed by atoms with E-state index in [-0.39, 0.29) is 18.3 Å². The number of aliphatic hydroxyl groups is 1. The number of aryl methyl sites for hydroxylation is 1. The van der Waals surface area contributed by atoms with Crippen LogP contribution in [0.3, 0.4) is 0 Å². The maximum Gasteiger partial charge on any atom is 0.254 e. The maximum absolute atomic E-state index is 13.8. The maximum atomic E-state index is 13.8. The lowest BCUT2D eigenvalue weighted by Crippen LogP contribution is -2.51. The van der Waals surface area contributed by atoms with Crippen LogP contribution < -0.4 is 4.74 Å². The van der Waals surface area contributed by atoms with E-state index in [1.807, 2.05) is 42.5 Å². The number of rotatable bonds is 6. The first-order valence-electron chi connectivity index (χ1n) is 10.6. The number of carbonyl (C=O) groups is 1. The van der Waals surface area contributed by atoms with Crippen LogP contribution in [-0.2, 0) is 0 Å². The van der Waals surface area contributed by atoms with Gasteiger partial charge in [-0.3, -0.25) is 9.69 Å². The molecule has 162 valence electrons. The van der Waals surface area contributed by atoms with Crippen molar-refractivity contribution < 1.29 is 19.0 Å². The van der Waals surface area contributed by atoms with Crippen LogP contribution in [-0.4, -0.2) is 66.2 Å². The molecular weight excluding hydrogens is 395 g/mol. The van der Waals surface area contributed by atoms with Crippen molar-refractivity contribution >= 4 is 16.7 Å². The van der Waals surface area contributed by atoms with Crippen LogP contribution in [0.4, 0.5) is 4.39 Å². The smallest absolute Gasteiger partial charge is 0.254 e. The monoisotopic (exact) mass is 422 g/mol. The van der Waals surface area contributed by atoms with Gasteiger partial charge in [0.2, 0.25) is 0 Å². The van der Waals surface area contributed by atoms with E-state index in [1.54, 1.807) is 24.0 Å². The number of halogens is 1. The third kappa shape index (κ3) is 5.03. The summed E-state index contributed by atoms with van der Waals surface area (Å²) in [6.45, 7) is 4.77. The van der Waals surface area contributed by atoms with E-state index < -0.39 is 6.10 Å². The van der Waals surface area contributed by atoms with Gasteiger partial charge in [-0.25, -0.2) is 4.39 Å². The summed E-state index contributed by atoms with van der Waals surface area (Å²) in [6, 6.07) is 18.5. The normalized spacial score (nSPS) is 15.8. The Labute approximate surface area is 181 Å². The second kappa shape index (κ2) is 9.45. The molecule has 0 aliphatic carbocycles. The quantitative estimate of drug-likeness (QED) is 0.661. The number of hydrogen-bond donors (Lipinski definition) is 1. The molecule has 3 aromatic carbocycles. The Bertz CT molecular complexity index is 1060. The number of aliphatic hydroxyl groups excluding tert-OH is 1. The third-order valence-electron chi connectivity index (χ3n) is 5.73. The zero-order chi connectivity index (χ0) is 21.8. The number of amides is 1. The van der Waals surface area contributed by atoms with Crippen molar-refractivity contribution in [3.05, 3.63) is 77.6 Å². The predicted molar refractivity (Wildman–Crippen MR) is 119 cm³/mol. The molecule has 0 spiro atoms. The minimum atomic E-state index is -0.632. The number of fused-ring (bicyclic) bond motifs is 1. The number of hydrogen-bond acceptors (Lipinski definition) is 4. The van der Waals surface area contributed by atoms with Crippen molar-refractivity contribution in [1.82, 2.24) is 9.80 Å². The van der Waals surface area contributed by atoms with E-state index in [9.17, 15) is 14.3 Å². The van der Waals surface area contributed by atoms with Gasteiger partial charge in [0.1, 0.15) is 24.3 Å². The Kier molecular flexibility index (Phi) is 6.49. The highest BCUT2D eigenvalue weighted by molar-refractivity contribution is 5.94. The molecule has 31 heavy (non-hydrogen) atoms. The zero-order valence-corrected chi connectivity index (χ0v) is 17.6. The molecule has 1 unspecified atom stereocenters. The summed E-state index contributed by atoms with van der Waals surface area (Å²) in [5.41, 5.74) is 0.904. The summed E-state index contributed by atoms with van der Waals surface area (Å²) in [5, 5.41) is 12.6. The molecule has 1 aliphatic heterocycles. The fourth-order valence-electron chi connectivity index (χ4n) is 3.90. The van der Waals surface area contributed by atoms with Crippen LogP contribution in [0.5, 0.6) is 5.75 Å². The average Bonchev–Trinajstić information content (AvgIpc) is 2.79. The van der Waals surface area contributed by atoms with Crippen LogP contribution in [0.1, 0.15) is 15.9 Å². The minimum Gasteiger partial charge on any atom is -0.490 e. The zero-order valence-electron chi connectivity index (χ0n) is 17.6. The first kappa shape index (κ1) is 21.3. The van der Waals surface area contributed by atoms with Crippen LogP contribution in [0.25, 0.3) is 10.8 Å². The Hall–Kier alpha value is -2.96. The average molecular weight is 423 g/mol. The molecule has 0 bridgehead atoms. The molecule has 0 saturated carbocycles. The fraction of sp³-hybridized carbons (Fsp3) is 0.320. The lowest BCUT2D eigenvalue weighted by Gasteiger charge is -2.35. The summed E-state index contributed by atoms with van der Waals surface area (Å²) >= 11 is 0. The molecule has 5 nitrogen and oxygen atoms in total. The predicted octanol–water partition coefficient (Wildman–Crippen LogP) is 3.49. The van der Waals surface area contributed by atoms with Gasteiger partial charge < -0.3 is 14.7 Å². The summed E-state index contributed by atoms with van der Waals surface area (Å²) in [4.78, 5) is 16.5. The van der Waals surface area contributed by atoms with E-state index in [1.165, 1.54) is 6.07 Å². The Morgan fingerprint density at radius 2 is 1.81 bits per heavy atom. The van der Waals surface area contributed by atoms with Gasteiger partial charge in [-0.05, 0) is 36.1 Å². The van der Waals surface area contributed by atoms with Gasteiger partial charge in [-0.15, -0.1) is 0 Å². The SMILES string of the molecule is Cc1ccc(C(=O)N2CCN(CC(O)COc3cccc4ccccc34)CC2)cc1F. The van der Waals surface area contributed by atoms with Crippen molar-refractivity contribution in [3.8, 4) is 5.75 Å². The number of benzene rings is 3. The van der Waals surface area contributed by atoms with Crippen LogP contribution in [0, 0.1) is 12.7 Å². The van der Waals surface area contributed by atoms with Gasteiger partial charge in [-0.1, -0.05) is 42.5 Å². The summed E-state index contributed by atoms with van der Waals surface area (Å²) in [6.07, 6.45) is -0.632. The molecule has 1 N–H and O–H groups in total. The molecule has 1 amide bonds. The van der Waals surface area contributed by atoms with Crippen molar-refractivity contribution in [2.45, 2.75) is 13.0 Å². The van der Waals surface area contributed by atoms with E-state index in [2.05, 4.69) is 4.90 Å². The first-order chi connectivity index (χ1) is 15.0. The minimum absolute atomic E-state index is 0.154. The number of β-amino-alcohol motifs (C(OH)–C–C–N with tert-alkyl or cyclic N) is 1. The highest BCUT2D eigenvalue weighted by Gasteiger charge is 2.24. The first-order valence-corrected chi connectivity index (χ1v) is 10.6. The molecule has 4 rings (SSSR count). The molecule has 0 aromatic heterocycles. The Morgan fingerprint density at radius 1 is 1.06 bits per heavy atom. The van der Waals surface area contributed by atoms with E-state index in [0.29, 0.717) is 43.9 Å². The lowest BCUT2D eigenvalue weighted by atomic mass is 10.1. The van der Waals surface area contributed by atoms with Gasteiger partial charge in [0.05, 0.1) is 0 Å². The van der Waals surface area contributed by atoms with Gasteiger partial charge in [0.25, 0.3) is 5.91 Å². The van der Waals surface area contributed by atoms with Gasteiger partial charge >= 0.3 is 0 Å². The van der Waals surface area contributed by atoms with Crippen molar-refractivity contribution in [1.29, 1.82) is 0 Å². The number of piperazine rings is 1. The third-order valence-corrected chi connectivity index (χ3v) is 5.73. The van der Waals surface area contributed by atoms with Crippen molar-refractivity contribution in [3.63, 3.8) is 0 Å². The second-order valence-corrected chi connectivity index (χ2v) is 8.00. The molecule has 3 aromatic rings. The van der Waals surface area contributed by atoms with Crippen LogP contribution >= 0.6 is 0 Å². The fourth-order valence-corrected chi connectivity index (χ4v) is 3.90. The number of nitrogens with zero attached hydrogens (tertiary/aromatic N) is 2. The molecule has 1 heterocycles. The molecule has 1 atom stereocenters. The number of ether oxygens (including phenoxy) is 1. The van der Waals surface area contributed by atoms with Crippen molar-refractivity contribution in [2.24, 2.45) is 0 Å². The second-order valence-electron chi connectivity index (χ2n) is 8.00. The summed E-state index contributed by atoms with van der Waals surface area (Å²) < 4.78 is 19.7. The van der Waals surface area contributed by atoms with E-state index >= 15 is 0 Å². The standard InChI is InChI=1S/C25H27FN2O3/c1-18-9-10-20(15-23(18)26)25(30)28-13-11-27(12-14-28)16-21(29)17-31-24-8-4-6-19-5-2-3-7-22(19)24/h2-10,15,21,29H,11-14,16-17H2,1H3. The van der Waals surface area contributed by atoms with Gasteiger partial charge in [0, 0.05) is 43.7 Å². The molecule has 1 saturated heterocycles. The molecular formula is C25H27FN2O3. The van der Waals surface area contributed by atoms with Crippen molar-refractivity contribution in [2.75, 3.05) is 39.3 Å². The largest absolute Gasteiger partial charge is 0.490 e. The van der Waals surface area contributed by atoms with Crippen LogP contribution in [0.2, 0.25) is 0 Å². The highest BCUT2D eigenvalue weighted by atomic mass is 19.1. The molecule has 6 heteroatoms. The van der Waals surface area contributed by atoms with Gasteiger partial charge in [-0.2, -0.15) is 0 Å². The van der Waals surface area contributed by atoms with E-state index in [0.717, 1.165) is 16.5 Å². The Balaban J connectivity index is 1.26. The molecule has 0 radical (unpaired) electrons. The highest BCUT2D eigenvalue weighted by Crippen LogP contribution is 2.25. The molecule has 1 aliphatic rings. The van der Waals surface area contributed by atoms with Crippen LogP contribution in [0.15, 0.2) is 60.7 Å². The topological polar surface area (TPSA) is 53.0 Å². The Morgan fingerprint density at radius 3 is 2.58 bits per heavy atom. The molecule has 1 fully saturated rings. The summed E-state index contributed by atoms with van der Waals surface area (Å²) in [5.74, 6) is 0.245. The van der Waals surface area contributed by atoms with E-state index in [4.69, 9.17) is 4.74 Å². The summed E-state index contributed by atoms with van der Waals surface area (Å²) in [7, 11) is 0. The number of carbonyl (C=O) groups excluding carboxylic acids is 1. The lowest BCUT2D eigenvalue weighted by molar-refractivity contribution is 0.0406.